The predicted molar refractivity (Wildman–Crippen MR) is 93.9 cm³/mol. The van der Waals surface area contributed by atoms with E-state index < -0.39 is 17.9 Å². The van der Waals surface area contributed by atoms with Gasteiger partial charge < -0.3 is 15.2 Å². The maximum atomic E-state index is 12.5. The number of rotatable bonds is 9. The van der Waals surface area contributed by atoms with Crippen LogP contribution in [-0.2, 0) is 16.1 Å². The van der Waals surface area contributed by atoms with Crippen molar-refractivity contribution in [3.63, 3.8) is 0 Å². The Bertz CT molecular complexity index is 804. The van der Waals surface area contributed by atoms with Gasteiger partial charge in [-0.05, 0) is 18.1 Å². The molecule has 1 aromatic carbocycles. The third-order valence-electron chi connectivity index (χ3n) is 3.76. The second-order valence-electron chi connectivity index (χ2n) is 5.64. The predicted octanol–water partition coefficient (Wildman–Crippen LogP) is 1.23. The molecule has 1 aromatic heterocycles. The van der Waals surface area contributed by atoms with Crippen LogP contribution in [0.2, 0.25) is 0 Å². The first-order valence-electron chi connectivity index (χ1n) is 8.16. The first-order chi connectivity index (χ1) is 12.5. The van der Waals surface area contributed by atoms with Crippen LogP contribution >= 0.6 is 0 Å². The summed E-state index contributed by atoms with van der Waals surface area (Å²) >= 11 is 0. The van der Waals surface area contributed by atoms with Crippen molar-refractivity contribution >= 4 is 11.9 Å². The summed E-state index contributed by atoms with van der Waals surface area (Å²) in [6.07, 6.45) is 0.162. The van der Waals surface area contributed by atoms with Gasteiger partial charge in [0.05, 0.1) is 19.2 Å². The van der Waals surface area contributed by atoms with Crippen LogP contribution in [0.25, 0.3) is 0 Å². The van der Waals surface area contributed by atoms with Crippen molar-refractivity contribution < 1.29 is 19.4 Å². The SMILES string of the molecule is COCCn1nc(C(=O)NC(CCC(=O)O)c2ccccc2)ccc1=O. The van der Waals surface area contributed by atoms with Crippen LogP contribution < -0.4 is 10.9 Å². The average Bonchev–Trinajstić information content (AvgIpc) is 2.64. The van der Waals surface area contributed by atoms with Gasteiger partial charge in [0.2, 0.25) is 0 Å². The Morgan fingerprint density at radius 2 is 1.96 bits per heavy atom. The van der Waals surface area contributed by atoms with Crippen LogP contribution in [0.15, 0.2) is 47.3 Å². The molecule has 0 saturated carbocycles. The number of hydrogen-bond acceptors (Lipinski definition) is 5. The van der Waals surface area contributed by atoms with E-state index in [1.165, 1.54) is 19.2 Å². The van der Waals surface area contributed by atoms with Gasteiger partial charge in [0.25, 0.3) is 11.5 Å². The molecule has 2 rings (SSSR count). The first kappa shape index (κ1) is 19.3. The van der Waals surface area contributed by atoms with Crippen molar-refractivity contribution in [3.8, 4) is 0 Å². The largest absolute Gasteiger partial charge is 0.481 e. The molecule has 0 aliphatic heterocycles. The van der Waals surface area contributed by atoms with E-state index in [0.29, 0.717) is 6.61 Å². The Morgan fingerprint density at radius 1 is 1.23 bits per heavy atom. The lowest BCUT2D eigenvalue weighted by atomic mass is 10.0. The number of ether oxygens (including phenoxy) is 1. The Hall–Kier alpha value is -3.00. The average molecular weight is 359 g/mol. The summed E-state index contributed by atoms with van der Waals surface area (Å²) in [7, 11) is 1.51. The van der Waals surface area contributed by atoms with Gasteiger partial charge in [-0.2, -0.15) is 5.10 Å². The zero-order valence-electron chi connectivity index (χ0n) is 14.4. The van der Waals surface area contributed by atoms with Gasteiger partial charge >= 0.3 is 5.97 Å². The van der Waals surface area contributed by atoms with Gasteiger partial charge in [-0.15, -0.1) is 0 Å². The van der Waals surface area contributed by atoms with E-state index in [2.05, 4.69) is 10.4 Å². The highest BCUT2D eigenvalue weighted by Crippen LogP contribution is 2.18. The summed E-state index contributed by atoms with van der Waals surface area (Å²) in [5, 5.41) is 15.8. The molecule has 0 saturated heterocycles. The number of aliphatic carboxylic acids is 1. The number of amides is 1. The molecule has 0 bridgehead atoms. The fraction of sp³-hybridized carbons (Fsp3) is 0.333. The topological polar surface area (TPSA) is 111 Å². The third-order valence-corrected chi connectivity index (χ3v) is 3.76. The van der Waals surface area contributed by atoms with Crippen LogP contribution in [0.5, 0.6) is 0 Å². The maximum absolute atomic E-state index is 12.5. The molecule has 0 aliphatic rings. The van der Waals surface area contributed by atoms with Gasteiger partial charge in [-0.25, -0.2) is 4.68 Å². The Morgan fingerprint density at radius 3 is 2.62 bits per heavy atom. The highest BCUT2D eigenvalue weighted by Gasteiger charge is 2.18. The molecule has 0 spiro atoms. The number of hydrogen-bond donors (Lipinski definition) is 2. The quantitative estimate of drug-likeness (QED) is 0.697. The highest BCUT2D eigenvalue weighted by molar-refractivity contribution is 5.92. The van der Waals surface area contributed by atoms with Crippen LogP contribution in [0.4, 0.5) is 0 Å². The molecule has 0 fully saturated rings. The number of benzene rings is 1. The van der Waals surface area contributed by atoms with Crippen LogP contribution in [0, 0.1) is 0 Å². The minimum absolute atomic E-state index is 0.0805. The molecule has 2 N–H and O–H groups in total. The van der Waals surface area contributed by atoms with Crippen molar-refractivity contribution in [2.45, 2.75) is 25.4 Å². The lowest BCUT2D eigenvalue weighted by Gasteiger charge is -2.18. The van der Waals surface area contributed by atoms with Gasteiger partial charge in [0.1, 0.15) is 5.69 Å². The summed E-state index contributed by atoms with van der Waals surface area (Å²) in [6.45, 7) is 0.529. The molecule has 26 heavy (non-hydrogen) atoms. The number of nitrogens with one attached hydrogen (secondary N) is 1. The monoisotopic (exact) mass is 359 g/mol. The number of carbonyl (C=O) groups excluding carboxylic acids is 1. The van der Waals surface area contributed by atoms with E-state index in [4.69, 9.17) is 9.84 Å². The molecular weight excluding hydrogens is 338 g/mol. The van der Waals surface area contributed by atoms with E-state index in [1.807, 2.05) is 30.3 Å². The second kappa shape index (κ2) is 9.47. The normalized spacial score (nSPS) is 11.7. The van der Waals surface area contributed by atoms with Crippen molar-refractivity contribution in [2.24, 2.45) is 0 Å². The molecule has 8 heteroatoms. The number of aromatic nitrogens is 2. The molecule has 138 valence electrons. The summed E-state index contributed by atoms with van der Waals surface area (Å²) in [4.78, 5) is 35.2. The highest BCUT2D eigenvalue weighted by atomic mass is 16.5. The van der Waals surface area contributed by atoms with Gasteiger partial charge in [-0.1, -0.05) is 30.3 Å². The molecule has 0 aliphatic carbocycles. The summed E-state index contributed by atoms with van der Waals surface area (Å²) < 4.78 is 6.08. The lowest BCUT2D eigenvalue weighted by molar-refractivity contribution is -0.137. The van der Waals surface area contributed by atoms with Crippen LogP contribution in [0.1, 0.15) is 34.9 Å². The van der Waals surface area contributed by atoms with Gasteiger partial charge in [-0.3, -0.25) is 14.4 Å². The number of methoxy groups -OCH3 is 1. The summed E-state index contributed by atoms with van der Waals surface area (Å²) in [5.41, 5.74) is 0.552. The molecule has 1 atom stereocenters. The van der Waals surface area contributed by atoms with E-state index in [0.717, 1.165) is 10.2 Å². The molecule has 1 heterocycles. The van der Waals surface area contributed by atoms with Crippen molar-refractivity contribution in [1.29, 1.82) is 0 Å². The number of carboxylic acids is 1. The zero-order chi connectivity index (χ0) is 18.9. The van der Waals surface area contributed by atoms with E-state index in [1.54, 1.807) is 0 Å². The Balaban J connectivity index is 2.18. The van der Waals surface area contributed by atoms with E-state index in [9.17, 15) is 14.4 Å². The van der Waals surface area contributed by atoms with Crippen molar-refractivity contribution in [2.75, 3.05) is 13.7 Å². The number of carbonyl (C=O) groups is 2. The molecule has 1 unspecified atom stereocenters. The minimum atomic E-state index is -0.938. The van der Waals surface area contributed by atoms with E-state index >= 15 is 0 Å². The molecular formula is C18H21N3O5. The van der Waals surface area contributed by atoms with E-state index in [-0.39, 0.29) is 30.6 Å². The van der Waals surface area contributed by atoms with Crippen LogP contribution in [-0.4, -0.2) is 40.5 Å². The van der Waals surface area contributed by atoms with Gasteiger partial charge in [0.15, 0.2) is 0 Å². The standard InChI is InChI=1S/C18H21N3O5/c1-26-12-11-21-16(22)9-7-15(20-21)18(25)19-14(8-10-17(23)24)13-5-3-2-4-6-13/h2-7,9,14H,8,10-12H2,1H3,(H,19,25)(H,23,24). The smallest absolute Gasteiger partial charge is 0.303 e. The molecule has 2 aromatic rings. The summed E-state index contributed by atoms with van der Waals surface area (Å²) in [5.74, 6) is -1.41. The fourth-order valence-electron chi connectivity index (χ4n) is 2.42. The molecule has 0 radical (unpaired) electrons. The number of carboxylic acid groups (broad SMARTS) is 1. The lowest BCUT2D eigenvalue weighted by Crippen LogP contribution is -2.33. The van der Waals surface area contributed by atoms with Crippen LogP contribution in [0.3, 0.4) is 0 Å². The van der Waals surface area contributed by atoms with Crippen molar-refractivity contribution in [3.05, 3.63) is 64.1 Å². The maximum Gasteiger partial charge on any atom is 0.303 e. The minimum Gasteiger partial charge on any atom is -0.481 e. The first-order valence-corrected chi connectivity index (χ1v) is 8.16. The second-order valence-corrected chi connectivity index (χ2v) is 5.64. The Labute approximate surface area is 150 Å². The summed E-state index contributed by atoms with van der Waals surface area (Å²) in [6, 6.07) is 11.3. The third kappa shape index (κ3) is 5.52. The fourth-order valence-corrected chi connectivity index (χ4v) is 2.42. The number of nitrogens with zero attached hydrogens (tertiary/aromatic N) is 2. The Kier molecular flexibility index (Phi) is 7.04. The molecule has 1 amide bonds. The van der Waals surface area contributed by atoms with Crippen molar-refractivity contribution in [1.82, 2.24) is 15.1 Å². The zero-order valence-corrected chi connectivity index (χ0v) is 14.4. The molecule has 8 nitrogen and oxygen atoms in total. The van der Waals surface area contributed by atoms with Gasteiger partial charge in [0, 0.05) is 19.6 Å².